The second kappa shape index (κ2) is 8.30. The average Bonchev–Trinajstić information content (AvgIpc) is 3.13. The number of nitrogens with zero attached hydrogens (tertiary/aromatic N) is 1. The molecule has 2 aromatic rings. The number of nitrogens with one attached hydrogen (secondary N) is 1. The number of allylic oxidation sites excluding steroid dienone is 1. The van der Waals surface area contributed by atoms with Crippen LogP contribution in [-0.4, -0.2) is 19.1 Å². The first-order chi connectivity index (χ1) is 13.0. The molecule has 0 fully saturated rings. The molecule has 3 rings (SSSR count). The normalized spacial score (nSPS) is 13.6. The van der Waals surface area contributed by atoms with Gasteiger partial charge in [0.15, 0.2) is 0 Å². The van der Waals surface area contributed by atoms with Crippen molar-refractivity contribution in [3.8, 4) is 6.07 Å². The molecule has 0 radical (unpaired) electrons. The van der Waals surface area contributed by atoms with Gasteiger partial charge in [0, 0.05) is 16.0 Å². The number of carbonyl (C=O) groups is 1. The lowest BCUT2D eigenvalue weighted by atomic mass is 9.94. The van der Waals surface area contributed by atoms with Gasteiger partial charge in [-0.1, -0.05) is 43.1 Å². The van der Waals surface area contributed by atoms with Gasteiger partial charge in [-0.25, -0.2) is 0 Å². The van der Waals surface area contributed by atoms with Gasteiger partial charge in [0.25, 0.3) is 5.91 Å². The van der Waals surface area contributed by atoms with E-state index in [-0.39, 0.29) is 18.7 Å². The summed E-state index contributed by atoms with van der Waals surface area (Å²) in [4.78, 5) is 13.7. The third-order valence-corrected chi connectivity index (χ3v) is 6.21. The summed E-state index contributed by atoms with van der Waals surface area (Å²) in [6.45, 7) is 9.83. The molecule has 0 spiro atoms. The van der Waals surface area contributed by atoms with Crippen LogP contribution < -0.4 is 5.32 Å². The van der Waals surface area contributed by atoms with Gasteiger partial charge in [-0.05, 0) is 35.6 Å². The number of benzene rings is 1. The quantitative estimate of drug-likeness (QED) is 0.215. The van der Waals surface area contributed by atoms with E-state index in [0.717, 1.165) is 25.8 Å². The standard InChI is InChI=1S/C21H18N2O2S2/c1-13(2)14(3)25-10-9-23-20(24)17(12-22)19-15-6-4-5-7-18(15)27-21-16(19)8-11-26-21/h4-8,11H,1,3,9-10H2,2H3,(H,23,24). The zero-order valence-electron chi connectivity index (χ0n) is 14.9. The van der Waals surface area contributed by atoms with Crippen LogP contribution in [-0.2, 0) is 9.53 Å². The van der Waals surface area contributed by atoms with Crippen LogP contribution in [0.5, 0.6) is 0 Å². The van der Waals surface area contributed by atoms with Crippen molar-refractivity contribution in [1.29, 1.82) is 5.26 Å². The van der Waals surface area contributed by atoms with E-state index < -0.39 is 5.91 Å². The van der Waals surface area contributed by atoms with Crippen molar-refractivity contribution in [3.05, 3.63) is 76.9 Å². The van der Waals surface area contributed by atoms with E-state index in [2.05, 4.69) is 24.5 Å². The van der Waals surface area contributed by atoms with E-state index in [0.29, 0.717) is 11.3 Å². The number of hydrogen-bond acceptors (Lipinski definition) is 5. The Morgan fingerprint density at radius 1 is 1.26 bits per heavy atom. The molecule has 1 amide bonds. The van der Waals surface area contributed by atoms with Crippen molar-refractivity contribution >= 4 is 34.6 Å². The van der Waals surface area contributed by atoms with Gasteiger partial charge in [0.2, 0.25) is 0 Å². The number of carbonyl (C=O) groups excluding carboxylic acids is 1. The summed E-state index contributed by atoms with van der Waals surface area (Å²) in [5, 5.41) is 14.5. The SMILES string of the molecule is C=C(C)C(=C)OCCNC(=O)C(C#N)=C1c2ccccc2Sc2sccc21. The molecular weight excluding hydrogens is 376 g/mol. The summed E-state index contributed by atoms with van der Waals surface area (Å²) in [6, 6.07) is 11.9. The Hall–Kier alpha value is -2.75. The lowest BCUT2D eigenvalue weighted by Crippen LogP contribution is -2.29. The highest BCUT2D eigenvalue weighted by Gasteiger charge is 2.27. The van der Waals surface area contributed by atoms with Crippen LogP contribution in [0.4, 0.5) is 0 Å². The summed E-state index contributed by atoms with van der Waals surface area (Å²) in [5.74, 6) is 0.0835. The third-order valence-electron chi connectivity index (χ3n) is 3.99. The number of fused-ring (bicyclic) bond motifs is 2. The molecule has 0 bridgehead atoms. The first kappa shape index (κ1) is 19.0. The van der Waals surface area contributed by atoms with Crippen molar-refractivity contribution in [1.82, 2.24) is 5.32 Å². The fourth-order valence-electron chi connectivity index (χ4n) is 2.61. The molecule has 0 saturated heterocycles. The molecule has 27 heavy (non-hydrogen) atoms. The van der Waals surface area contributed by atoms with Gasteiger partial charge in [0.05, 0.1) is 10.8 Å². The highest BCUT2D eigenvalue weighted by atomic mass is 32.2. The molecule has 1 aliphatic heterocycles. The van der Waals surface area contributed by atoms with Gasteiger partial charge in [-0.15, -0.1) is 11.3 Å². The number of hydrogen-bond donors (Lipinski definition) is 1. The van der Waals surface area contributed by atoms with E-state index in [9.17, 15) is 10.1 Å². The van der Waals surface area contributed by atoms with Crippen LogP contribution in [0.25, 0.3) is 5.57 Å². The Labute approximate surface area is 166 Å². The van der Waals surface area contributed by atoms with Crippen LogP contribution in [0.3, 0.4) is 0 Å². The number of rotatable bonds is 6. The van der Waals surface area contributed by atoms with Gasteiger partial charge >= 0.3 is 0 Å². The molecule has 4 nitrogen and oxygen atoms in total. The smallest absolute Gasteiger partial charge is 0.262 e. The van der Waals surface area contributed by atoms with Crippen molar-refractivity contribution in [3.63, 3.8) is 0 Å². The van der Waals surface area contributed by atoms with Crippen molar-refractivity contribution < 1.29 is 9.53 Å². The molecule has 2 heterocycles. The minimum Gasteiger partial charge on any atom is -0.492 e. The molecule has 0 saturated carbocycles. The summed E-state index contributed by atoms with van der Waals surface area (Å²) in [5.41, 5.74) is 3.38. The molecule has 6 heteroatoms. The third kappa shape index (κ3) is 4.00. The molecule has 0 aliphatic carbocycles. The zero-order chi connectivity index (χ0) is 19.4. The Bertz CT molecular complexity index is 996. The summed E-state index contributed by atoms with van der Waals surface area (Å²) >= 11 is 3.27. The van der Waals surface area contributed by atoms with Crippen molar-refractivity contribution in [2.24, 2.45) is 0 Å². The molecule has 0 atom stereocenters. The Morgan fingerprint density at radius 2 is 2.04 bits per heavy atom. The van der Waals surface area contributed by atoms with Crippen LogP contribution in [0.15, 0.2) is 74.9 Å². The molecular formula is C21H18N2O2S2. The second-order valence-corrected chi connectivity index (χ2v) is 8.12. The first-order valence-corrected chi connectivity index (χ1v) is 9.97. The predicted octanol–water partition coefficient (Wildman–Crippen LogP) is 4.76. The number of thiophene rings is 1. The number of ether oxygens (including phenoxy) is 1. The van der Waals surface area contributed by atoms with Gasteiger partial charge in [-0.2, -0.15) is 5.26 Å². The summed E-state index contributed by atoms with van der Waals surface area (Å²) in [6.07, 6.45) is 0. The Kier molecular flexibility index (Phi) is 5.84. The maximum absolute atomic E-state index is 12.7. The fourth-order valence-corrected chi connectivity index (χ4v) is 4.77. The van der Waals surface area contributed by atoms with Gasteiger partial charge in [0.1, 0.15) is 24.0 Å². The van der Waals surface area contributed by atoms with Crippen LogP contribution in [0, 0.1) is 11.3 Å². The van der Waals surface area contributed by atoms with Crippen LogP contribution >= 0.6 is 23.1 Å². The maximum Gasteiger partial charge on any atom is 0.262 e. The van der Waals surface area contributed by atoms with E-state index in [4.69, 9.17) is 4.74 Å². The lowest BCUT2D eigenvalue weighted by molar-refractivity contribution is -0.117. The second-order valence-electron chi connectivity index (χ2n) is 5.89. The monoisotopic (exact) mass is 394 g/mol. The average molecular weight is 395 g/mol. The minimum absolute atomic E-state index is 0.112. The summed E-state index contributed by atoms with van der Waals surface area (Å²) in [7, 11) is 0. The van der Waals surface area contributed by atoms with Crippen LogP contribution in [0.2, 0.25) is 0 Å². The molecule has 1 aromatic heterocycles. The van der Waals surface area contributed by atoms with Gasteiger partial charge in [-0.3, -0.25) is 4.79 Å². The van der Waals surface area contributed by atoms with E-state index in [1.54, 1.807) is 30.0 Å². The maximum atomic E-state index is 12.7. The van der Waals surface area contributed by atoms with E-state index >= 15 is 0 Å². The highest BCUT2D eigenvalue weighted by molar-refractivity contribution is 8.01. The topological polar surface area (TPSA) is 62.1 Å². The first-order valence-electron chi connectivity index (χ1n) is 8.28. The fraction of sp³-hybridized carbons (Fsp3) is 0.143. The van der Waals surface area contributed by atoms with Gasteiger partial charge < -0.3 is 10.1 Å². The Morgan fingerprint density at radius 3 is 2.78 bits per heavy atom. The number of amides is 1. The van der Waals surface area contributed by atoms with Crippen LogP contribution in [0.1, 0.15) is 18.1 Å². The minimum atomic E-state index is -0.407. The van der Waals surface area contributed by atoms with E-state index in [1.165, 1.54) is 0 Å². The molecule has 1 aliphatic rings. The largest absolute Gasteiger partial charge is 0.492 e. The van der Waals surface area contributed by atoms with Crippen molar-refractivity contribution in [2.45, 2.75) is 16.0 Å². The Balaban J connectivity index is 1.86. The van der Waals surface area contributed by atoms with Crippen molar-refractivity contribution in [2.75, 3.05) is 13.2 Å². The molecule has 136 valence electrons. The summed E-state index contributed by atoms with van der Waals surface area (Å²) < 4.78 is 6.49. The molecule has 1 aromatic carbocycles. The van der Waals surface area contributed by atoms with E-state index in [1.807, 2.05) is 35.7 Å². The predicted molar refractivity (Wildman–Crippen MR) is 109 cm³/mol. The molecule has 1 N–H and O–H groups in total. The molecule has 0 unspecified atom stereocenters. The lowest BCUT2D eigenvalue weighted by Gasteiger charge is -2.20. The number of nitriles is 1. The zero-order valence-corrected chi connectivity index (χ0v) is 16.5. The highest BCUT2D eigenvalue weighted by Crippen LogP contribution is 2.48.